The molecule has 6 nitrogen and oxygen atoms in total. The lowest BCUT2D eigenvalue weighted by molar-refractivity contribution is -0.117. The number of aromatic nitrogens is 3. The zero-order valence-electron chi connectivity index (χ0n) is 14.6. The first-order chi connectivity index (χ1) is 13.2. The number of fused-ring (bicyclic) bond motifs is 1. The second-order valence-electron chi connectivity index (χ2n) is 6.44. The summed E-state index contributed by atoms with van der Waals surface area (Å²) in [5.41, 5.74) is 3.36. The van der Waals surface area contributed by atoms with E-state index in [0.29, 0.717) is 22.9 Å². The van der Waals surface area contributed by atoms with E-state index in [1.807, 2.05) is 30.3 Å². The van der Waals surface area contributed by atoms with Gasteiger partial charge in [-0.1, -0.05) is 12.1 Å². The van der Waals surface area contributed by atoms with Crippen molar-refractivity contribution in [1.82, 2.24) is 15.0 Å². The number of benzene rings is 1. The summed E-state index contributed by atoms with van der Waals surface area (Å²) in [5.74, 6) is 0.591. The molecular formula is C21H17N5O. The lowest BCUT2D eigenvalue weighted by Crippen LogP contribution is -2.25. The number of hydrogen-bond donors (Lipinski definition) is 1. The van der Waals surface area contributed by atoms with Crippen LogP contribution < -0.4 is 5.32 Å². The summed E-state index contributed by atoms with van der Waals surface area (Å²) in [5, 5.41) is 12.0. The van der Waals surface area contributed by atoms with E-state index < -0.39 is 0 Å². The van der Waals surface area contributed by atoms with Crippen molar-refractivity contribution in [1.29, 1.82) is 5.26 Å². The van der Waals surface area contributed by atoms with E-state index in [-0.39, 0.29) is 11.8 Å². The SMILES string of the molecule is N#Cc1ccc2c(c1)CCCC2C(=O)Nc1ccnc(-c2ccccn2)n1. The number of amides is 1. The molecule has 0 saturated heterocycles. The van der Waals surface area contributed by atoms with Gasteiger partial charge in [0.05, 0.1) is 17.6 Å². The number of aryl methyl sites for hydroxylation is 1. The normalized spacial score (nSPS) is 15.4. The van der Waals surface area contributed by atoms with Crippen LogP contribution in [0.4, 0.5) is 5.82 Å². The summed E-state index contributed by atoms with van der Waals surface area (Å²) in [6, 6.07) is 14.9. The molecule has 2 heterocycles. The van der Waals surface area contributed by atoms with Crippen molar-refractivity contribution < 1.29 is 4.79 Å². The van der Waals surface area contributed by atoms with E-state index >= 15 is 0 Å². The van der Waals surface area contributed by atoms with Crippen LogP contribution >= 0.6 is 0 Å². The summed E-state index contributed by atoms with van der Waals surface area (Å²) in [4.78, 5) is 25.8. The van der Waals surface area contributed by atoms with Gasteiger partial charge in [-0.3, -0.25) is 9.78 Å². The van der Waals surface area contributed by atoms with Gasteiger partial charge in [0.15, 0.2) is 5.82 Å². The van der Waals surface area contributed by atoms with Crippen LogP contribution in [0, 0.1) is 11.3 Å². The van der Waals surface area contributed by atoms with Gasteiger partial charge in [0, 0.05) is 12.4 Å². The number of hydrogen-bond acceptors (Lipinski definition) is 5. The molecule has 0 fully saturated rings. The molecule has 1 atom stereocenters. The molecule has 0 spiro atoms. The Labute approximate surface area is 156 Å². The van der Waals surface area contributed by atoms with Crippen molar-refractivity contribution in [2.24, 2.45) is 0 Å². The van der Waals surface area contributed by atoms with Gasteiger partial charge in [0.25, 0.3) is 0 Å². The van der Waals surface area contributed by atoms with Gasteiger partial charge in [0.1, 0.15) is 11.5 Å². The predicted molar refractivity (Wildman–Crippen MR) is 101 cm³/mol. The number of nitrogens with one attached hydrogen (secondary N) is 1. The first kappa shape index (κ1) is 16.9. The van der Waals surface area contributed by atoms with Crippen LogP contribution in [0.25, 0.3) is 11.5 Å². The van der Waals surface area contributed by atoms with Gasteiger partial charge in [-0.2, -0.15) is 5.26 Å². The first-order valence-corrected chi connectivity index (χ1v) is 8.83. The number of rotatable bonds is 3. The molecule has 6 heteroatoms. The lowest BCUT2D eigenvalue weighted by atomic mass is 9.81. The van der Waals surface area contributed by atoms with E-state index in [2.05, 4.69) is 26.3 Å². The summed E-state index contributed by atoms with van der Waals surface area (Å²) < 4.78 is 0. The van der Waals surface area contributed by atoms with Gasteiger partial charge in [-0.25, -0.2) is 9.97 Å². The number of pyridine rings is 1. The number of nitrogens with zero attached hydrogens (tertiary/aromatic N) is 4. The average molecular weight is 355 g/mol. The third kappa shape index (κ3) is 3.53. The molecule has 1 amide bonds. The van der Waals surface area contributed by atoms with Gasteiger partial charge >= 0.3 is 0 Å². The third-order valence-electron chi connectivity index (χ3n) is 4.70. The maximum absolute atomic E-state index is 12.9. The second-order valence-corrected chi connectivity index (χ2v) is 6.44. The van der Waals surface area contributed by atoms with Gasteiger partial charge < -0.3 is 5.32 Å². The zero-order chi connectivity index (χ0) is 18.6. The summed E-state index contributed by atoms with van der Waals surface area (Å²) in [7, 11) is 0. The van der Waals surface area contributed by atoms with Crippen molar-refractivity contribution in [3.8, 4) is 17.6 Å². The molecule has 132 valence electrons. The zero-order valence-corrected chi connectivity index (χ0v) is 14.6. The first-order valence-electron chi connectivity index (χ1n) is 8.83. The number of carbonyl (C=O) groups excluding carboxylic acids is 1. The van der Waals surface area contributed by atoms with Crippen LogP contribution in [0.1, 0.15) is 35.4 Å². The Morgan fingerprint density at radius 2 is 2.07 bits per heavy atom. The second kappa shape index (κ2) is 7.34. The highest BCUT2D eigenvalue weighted by molar-refractivity contribution is 5.95. The Bertz CT molecular complexity index is 1030. The molecule has 27 heavy (non-hydrogen) atoms. The minimum atomic E-state index is -0.241. The maximum Gasteiger partial charge on any atom is 0.233 e. The monoisotopic (exact) mass is 355 g/mol. The Hall–Kier alpha value is -3.59. The molecule has 4 rings (SSSR count). The molecule has 1 unspecified atom stereocenters. The molecule has 2 aromatic heterocycles. The van der Waals surface area contributed by atoms with Crippen LogP contribution in [0.5, 0.6) is 0 Å². The number of nitriles is 1. The highest BCUT2D eigenvalue weighted by Gasteiger charge is 2.27. The van der Waals surface area contributed by atoms with Crippen LogP contribution in [0.2, 0.25) is 0 Å². The van der Waals surface area contributed by atoms with E-state index in [4.69, 9.17) is 5.26 Å². The Morgan fingerprint density at radius 1 is 1.15 bits per heavy atom. The predicted octanol–water partition coefficient (Wildman–Crippen LogP) is 3.47. The smallest absolute Gasteiger partial charge is 0.233 e. The minimum absolute atomic E-state index is 0.0914. The fraction of sp³-hybridized carbons (Fsp3) is 0.190. The van der Waals surface area contributed by atoms with Crippen molar-refractivity contribution in [2.75, 3.05) is 5.32 Å². The highest BCUT2D eigenvalue weighted by atomic mass is 16.1. The topological polar surface area (TPSA) is 91.6 Å². The molecule has 1 aliphatic rings. The molecule has 0 bridgehead atoms. The largest absolute Gasteiger partial charge is 0.310 e. The quantitative estimate of drug-likeness (QED) is 0.777. The maximum atomic E-state index is 12.9. The van der Waals surface area contributed by atoms with Crippen molar-refractivity contribution in [3.63, 3.8) is 0 Å². The van der Waals surface area contributed by atoms with E-state index in [1.54, 1.807) is 24.5 Å². The molecule has 1 N–H and O–H groups in total. The minimum Gasteiger partial charge on any atom is -0.310 e. The van der Waals surface area contributed by atoms with E-state index in [9.17, 15) is 4.79 Å². The molecule has 0 radical (unpaired) electrons. The Kier molecular flexibility index (Phi) is 4.58. The Morgan fingerprint density at radius 3 is 2.89 bits per heavy atom. The molecule has 0 aliphatic heterocycles. The van der Waals surface area contributed by atoms with Crippen molar-refractivity contribution in [2.45, 2.75) is 25.2 Å². The van der Waals surface area contributed by atoms with Crippen LogP contribution in [-0.4, -0.2) is 20.9 Å². The fourth-order valence-corrected chi connectivity index (χ4v) is 3.42. The highest BCUT2D eigenvalue weighted by Crippen LogP contribution is 2.33. The van der Waals surface area contributed by atoms with Crippen LogP contribution in [0.3, 0.4) is 0 Å². The van der Waals surface area contributed by atoms with Crippen molar-refractivity contribution >= 4 is 11.7 Å². The van der Waals surface area contributed by atoms with Crippen LogP contribution in [0.15, 0.2) is 54.9 Å². The fourth-order valence-electron chi connectivity index (χ4n) is 3.42. The van der Waals surface area contributed by atoms with Gasteiger partial charge in [0.2, 0.25) is 5.91 Å². The Balaban J connectivity index is 1.57. The van der Waals surface area contributed by atoms with Crippen LogP contribution in [-0.2, 0) is 11.2 Å². The van der Waals surface area contributed by atoms with E-state index in [1.165, 1.54) is 0 Å². The van der Waals surface area contributed by atoms with E-state index in [0.717, 1.165) is 30.4 Å². The standard InChI is InChI=1S/C21H17N5O/c22-13-14-7-8-16-15(12-14)4-3-5-17(16)21(27)26-19-9-11-24-20(25-19)18-6-1-2-10-23-18/h1-2,6-12,17H,3-5H2,(H,24,25,26,27). The van der Waals surface area contributed by atoms with Crippen molar-refractivity contribution in [3.05, 3.63) is 71.5 Å². The average Bonchev–Trinajstić information content (AvgIpc) is 2.73. The number of anilines is 1. The lowest BCUT2D eigenvalue weighted by Gasteiger charge is -2.24. The molecule has 1 aliphatic carbocycles. The summed E-state index contributed by atoms with van der Waals surface area (Å²) >= 11 is 0. The summed E-state index contributed by atoms with van der Waals surface area (Å²) in [6.07, 6.45) is 5.89. The molecule has 1 aromatic carbocycles. The van der Waals surface area contributed by atoms with Gasteiger partial charge in [-0.05, 0) is 60.7 Å². The number of carbonyl (C=O) groups is 1. The molecule has 0 saturated carbocycles. The van der Waals surface area contributed by atoms with Gasteiger partial charge in [-0.15, -0.1) is 0 Å². The third-order valence-corrected chi connectivity index (χ3v) is 4.70. The molecule has 3 aromatic rings. The molecular weight excluding hydrogens is 338 g/mol. The summed E-state index contributed by atoms with van der Waals surface area (Å²) in [6.45, 7) is 0.